The Labute approximate surface area is 118 Å². The lowest BCUT2D eigenvalue weighted by atomic mass is 10.2. The van der Waals surface area contributed by atoms with E-state index in [4.69, 9.17) is 18.2 Å². The molecule has 0 unspecified atom stereocenters. The van der Waals surface area contributed by atoms with Gasteiger partial charge in [-0.3, -0.25) is 4.57 Å². The smallest absolute Gasteiger partial charge is 0.341 e. The Balaban J connectivity index is 2.92. The molecule has 0 aromatic carbocycles. The van der Waals surface area contributed by atoms with Gasteiger partial charge in [-0.25, -0.2) is 4.79 Å². The van der Waals surface area contributed by atoms with Gasteiger partial charge in [-0.05, 0) is 27.7 Å². The van der Waals surface area contributed by atoms with Crippen molar-refractivity contribution in [3.8, 4) is 0 Å². The standard InChI is InChI=1S/C13H21O6P/c1-5-16-13(14)11-8-17-12(10(11)4)9-20(15,18-6-2)19-7-3/h8H,5-7,9H2,1-4H3. The molecule has 0 saturated heterocycles. The van der Waals surface area contributed by atoms with E-state index in [1.54, 1.807) is 27.7 Å². The molecule has 0 spiro atoms. The Morgan fingerprint density at radius 2 is 1.80 bits per heavy atom. The average molecular weight is 304 g/mol. The minimum Gasteiger partial charge on any atom is -0.467 e. The van der Waals surface area contributed by atoms with E-state index in [0.29, 0.717) is 16.9 Å². The molecule has 6 nitrogen and oxygen atoms in total. The molecule has 0 saturated carbocycles. The summed E-state index contributed by atoms with van der Waals surface area (Å²) in [4.78, 5) is 11.7. The van der Waals surface area contributed by atoms with E-state index < -0.39 is 13.6 Å². The summed E-state index contributed by atoms with van der Waals surface area (Å²) >= 11 is 0. The van der Waals surface area contributed by atoms with Crippen molar-refractivity contribution >= 4 is 13.6 Å². The Bertz CT molecular complexity index is 483. The van der Waals surface area contributed by atoms with Crippen LogP contribution in [0.3, 0.4) is 0 Å². The highest BCUT2D eigenvalue weighted by atomic mass is 31.2. The van der Waals surface area contributed by atoms with Crippen LogP contribution in [0, 0.1) is 6.92 Å². The van der Waals surface area contributed by atoms with Gasteiger partial charge in [0.1, 0.15) is 23.7 Å². The summed E-state index contributed by atoms with van der Waals surface area (Å²) < 4.78 is 33.1. The highest BCUT2D eigenvalue weighted by Gasteiger charge is 2.28. The fraction of sp³-hybridized carbons (Fsp3) is 0.615. The first-order valence-corrected chi connectivity index (χ1v) is 8.32. The van der Waals surface area contributed by atoms with E-state index in [1.165, 1.54) is 6.26 Å². The monoisotopic (exact) mass is 304 g/mol. The molecule has 0 atom stereocenters. The topological polar surface area (TPSA) is 75.0 Å². The number of hydrogen-bond acceptors (Lipinski definition) is 6. The van der Waals surface area contributed by atoms with Gasteiger partial charge in [-0.15, -0.1) is 0 Å². The largest absolute Gasteiger partial charge is 0.467 e. The highest BCUT2D eigenvalue weighted by molar-refractivity contribution is 7.53. The van der Waals surface area contributed by atoms with Crippen LogP contribution in [-0.4, -0.2) is 25.8 Å². The molecule has 7 heteroatoms. The number of carbonyl (C=O) groups is 1. The predicted molar refractivity (Wildman–Crippen MR) is 74.0 cm³/mol. The Morgan fingerprint density at radius 1 is 1.20 bits per heavy atom. The zero-order valence-electron chi connectivity index (χ0n) is 12.3. The van der Waals surface area contributed by atoms with Crippen LogP contribution in [-0.2, 0) is 24.5 Å². The van der Waals surface area contributed by atoms with E-state index in [9.17, 15) is 9.36 Å². The van der Waals surface area contributed by atoms with Crippen LogP contribution >= 0.6 is 7.60 Å². The second-order valence-electron chi connectivity index (χ2n) is 4.02. The van der Waals surface area contributed by atoms with Gasteiger partial charge >= 0.3 is 13.6 Å². The maximum Gasteiger partial charge on any atom is 0.341 e. The SMILES string of the molecule is CCOC(=O)c1coc(CP(=O)(OCC)OCC)c1C. The summed E-state index contributed by atoms with van der Waals surface area (Å²) in [5.41, 5.74) is 0.935. The number of furan rings is 1. The van der Waals surface area contributed by atoms with Crippen molar-refractivity contribution in [1.29, 1.82) is 0 Å². The van der Waals surface area contributed by atoms with Gasteiger partial charge < -0.3 is 18.2 Å². The van der Waals surface area contributed by atoms with E-state index in [0.717, 1.165) is 0 Å². The highest BCUT2D eigenvalue weighted by Crippen LogP contribution is 2.51. The summed E-state index contributed by atoms with van der Waals surface area (Å²) in [6.07, 6.45) is 1.31. The number of ether oxygens (including phenoxy) is 1. The quantitative estimate of drug-likeness (QED) is 0.540. The van der Waals surface area contributed by atoms with Gasteiger partial charge in [0.25, 0.3) is 0 Å². The number of carbonyl (C=O) groups excluding carboxylic acids is 1. The second-order valence-corrected chi connectivity index (χ2v) is 6.08. The summed E-state index contributed by atoms with van der Waals surface area (Å²) in [6, 6.07) is 0. The molecule has 1 rings (SSSR count). The van der Waals surface area contributed by atoms with Crippen molar-refractivity contribution in [1.82, 2.24) is 0 Å². The molecule has 20 heavy (non-hydrogen) atoms. The maximum atomic E-state index is 12.4. The van der Waals surface area contributed by atoms with Crippen LogP contribution in [0.25, 0.3) is 0 Å². The lowest BCUT2D eigenvalue weighted by molar-refractivity contribution is 0.0525. The molecule has 0 amide bonds. The van der Waals surface area contributed by atoms with Gasteiger partial charge in [0.05, 0.1) is 19.8 Å². The third-order valence-corrected chi connectivity index (χ3v) is 4.60. The van der Waals surface area contributed by atoms with Crippen LogP contribution in [0.1, 0.15) is 42.5 Å². The van der Waals surface area contributed by atoms with Gasteiger partial charge in [0, 0.05) is 5.56 Å². The molecule has 0 aliphatic carbocycles. The minimum absolute atomic E-state index is 0.0000810. The summed E-state index contributed by atoms with van der Waals surface area (Å²) in [5, 5.41) is 0. The summed E-state index contributed by atoms with van der Waals surface area (Å²) in [6.45, 7) is 7.77. The number of hydrogen-bond donors (Lipinski definition) is 0. The van der Waals surface area contributed by atoms with Crippen LogP contribution in [0.2, 0.25) is 0 Å². The Hall–Kier alpha value is -1.10. The van der Waals surface area contributed by atoms with Crippen molar-refractivity contribution in [3.63, 3.8) is 0 Å². The first-order valence-electron chi connectivity index (χ1n) is 6.59. The molecule has 1 heterocycles. The molecule has 114 valence electrons. The number of esters is 1. The van der Waals surface area contributed by atoms with Crippen molar-refractivity contribution < 1.29 is 27.6 Å². The third kappa shape index (κ3) is 4.20. The first kappa shape index (κ1) is 17.0. The van der Waals surface area contributed by atoms with Gasteiger partial charge in [-0.1, -0.05) is 0 Å². The molecule has 0 aliphatic heterocycles. The zero-order chi connectivity index (χ0) is 15.2. The van der Waals surface area contributed by atoms with Gasteiger partial charge in [0.2, 0.25) is 0 Å². The molecule has 0 bridgehead atoms. The fourth-order valence-corrected chi connectivity index (χ4v) is 3.43. The van der Waals surface area contributed by atoms with Crippen molar-refractivity contribution in [2.24, 2.45) is 0 Å². The van der Waals surface area contributed by atoms with E-state index >= 15 is 0 Å². The molecule has 0 fully saturated rings. The molecule has 0 N–H and O–H groups in total. The van der Waals surface area contributed by atoms with E-state index in [-0.39, 0.29) is 26.0 Å². The Morgan fingerprint density at radius 3 is 2.30 bits per heavy atom. The molecule has 0 aliphatic rings. The van der Waals surface area contributed by atoms with Crippen LogP contribution in [0.4, 0.5) is 0 Å². The normalized spacial score (nSPS) is 11.6. The minimum atomic E-state index is -3.25. The third-order valence-electron chi connectivity index (χ3n) is 2.63. The number of rotatable bonds is 8. The fourth-order valence-electron chi connectivity index (χ4n) is 1.72. The van der Waals surface area contributed by atoms with Gasteiger partial charge in [-0.2, -0.15) is 0 Å². The van der Waals surface area contributed by atoms with Crippen LogP contribution in [0.5, 0.6) is 0 Å². The average Bonchev–Trinajstić information content (AvgIpc) is 2.71. The van der Waals surface area contributed by atoms with Gasteiger partial charge in [0.15, 0.2) is 0 Å². The zero-order valence-corrected chi connectivity index (χ0v) is 13.2. The predicted octanol–water partition coefficient (Wildman–Crippen LogP) is 3.53. The van der Waals surface area contributed by atoms with E-state index in [2.05, 4.69) is 0 Å². The lowest BCUT2D eigenvalue weighted by Gasteiger charge is -2.16. The summed E-state index contributed by atoms with van der Waals surface area (Å²) in [5.74, 6) is -0.0408. The maximum absolute atomic E-state index is 12.4. The molecule has 0 radical (unpaired) electrons. The second kappa shape index (κ2) is 7.62. The summed E-state index contributed by atoms with van der Waals surface area (Å²) in [7, 11) is -3.25. The molecule has 1 aromatic heterocycles. The van der Waals surface area contributed by atoms with Crippen molar-refractivity contribution in [2.75, 3.05) is 19.8 Å². The molecular formula is C13H21O6P. The van der Waals surface area contributed by atoms with Crippen LogP contribution in [0.15, 0.2) is 10.7 Å². The van der Waals surface area contributed by atoms with Crippen molar-refractivity contribution in [2.45, 2.75) is 33.9 Å². The molecule has 1 aromatic rings. The van der Waals surface area contributed by atoms with E-state index in [1.807, 2.05) is 0 Å². The first-order chi connectivity index (χ1) is 9.47. The van der Waals surface area contributed by atoms with Crippen molar-refractivity contribution in [3.05, 3.63) is 23.2 Å². The Kier molecular flexibility index (Phi) is 6.46. The lowest BCUT2D eigenvalue weighted by Crippen LogP contribution is -2.05. The molecular weight excluding hydrogens is 283 g/mol. The van der Waals surface area contributed by atoms with Crippen LogP contribution < -0.4 is 0 Å².